The summed E-state index contributed by atoms with van der Waals surface area (Å²) in [6, 6.07) is 0. The number of aliphatic hydroxyl groups is 2. The van der Waals surface area contributed by atoms with Gasteiger partial charge in [-0.05, 0) is 17.0 Å². The van der Waals surface area contributed by atoms with Crippen LogP contribution in [0.15, 0.2) is 39.5 Å². The molecule has 0 bridgehead atoms. The first-order valence-corrected chi connectivity index (χ1v) is 9.31. The summed E-state index contributed by atoms with van der Waals surface area (Å²) >= 11 is 9.96. The molecule has 0 radical (unpaired) electrons. The van der Waals surface area contributed by atoms with Crippen molar-refractivity contribution in [3.05, 3.63) is 39.5 Å². The highest BCUT2D eigenvalue weighted by atomic mass is 79.9. The second kappa shape index (κ2) is 10.2. The maximum atomic E-state index is 10.1. The maximum absolute atomic E-state index is 10.1. The van der Waals surface area contributed by atoms with Gasteiger partial charge in [0.2, 0.25) is 0 Å². The molecule has 1 saturated heterocycles. The SMILES string of the molecule is CCC(Br)=CC=C[C@@H](O)[C@H](Br)[C@@H]1O[C@@H](C=C=CBr)C[C@@H]1O. The molecule has 3 nitrogen and oxygen atoms in total. The molecular weight excluding hydrogens is 468 g/mol. The van der Waals surface area contributed by atoms with Crippen LogP contribution in [0.4, 0.5) is 0 Å². The second-order valence-corrected chi connectivity index (χ2v) is 7.21. The molecule has 21 heavy (non-hydrogen) atoms. The van der Waals surface area contributed by atoms with Gasteiger partial charge in [0.05, 0.1) is 29.2 Å². The third kappa shape index (κ3) is 6.53. The molecule has 1 aliphatic heterocycles. The normalized spacial score (nSPS) is 29.2. The van der Waals surface area contributed by atoms with Gasteiger partial charge in [-0.15, -0.1) is 5.73 Å². The first kappa shape index (κ1) is 19.4. The van der Waals surface area contributed by atoms with Gasteiger partial charge in [0.1, 0.15) is 0 Å². The molecule has 0 aromatic rings. The first-order chi connectivity index (χ1) is 9.99. The summed E-state index contributed by atoms with van der Waals surface area (Å²) in [5.41, 5.74) is 2.88. The lowest BCUT2D eigenvalue weighted by Gasteiger charge is -2.23. The Morgan fingerprint density at radius 3 is 2.86 bits per heavy atom. The monoisotopic (exact) mass is 484 g/mol. The summed E-state index contributed by atoms with van der Waals surface area (Å²) in [7, 11) is 0. The third-order valence-corrected chi connectivity index (χ3v) is 5.25. The van der Waals surface area contributed by atoms with Crippen LogP contribution < -0.4 is 0 Å². The Kier molecular flexibility index (Phi) is 9.37. The maximum Gasteiger partial charge on any atom is 0.0996 e. The molecule has 0 amide bonds. The van der Waals surface area contributed by atoms with Gasteiger partial charge in [0, 0.05) is 11.4 Å². The lowest BCUT2D eigenvalue weighted by atomic mass is 10.0. The highest BCUT2D eigenvalue weighted by Gasteiger charge is 2.39. The molecule has 118 valence electrons. The molecule has 0 aromatic carbocycles. The number of hydrogen-bond acceptors (Lipinski definition) is 3. The molecule has 0 spiro atoms. The van der Waals surface area contributed by atoms with Crippen molar-refractivity contribution in [3.8, 4) is 0 Å². The summed E-state index contributed by atoms with van der Waals surface area (Å²) in [5.74, 6) is 0. The molecule has 0 unspecified atom stereocenters. The highest BCUT2D eigenvalue weighted by molar-refractivity contribution is 9.11. The van der Waals surface area contributed by atoms with Crippen LogP contribution in [-0.2, 0) is 4.74 Å². The number of alkyl halides is 1. The van der Waals surface area contributed by atoms with E-state index in [9.17, 15) is 10.2 Å². The van der Waals surface area contributed by atoms with Crippen LogP contribution in [0.5, 0.6) is 0 Å². The lowest BCUT2D eigenvalue weighted by molar-refractivity contribution is 0.00627. The molecular formula is C15H19Br3O3. The Balaban J connectivity index is 2.62. The highest BCUT2D eigenvalue weighted by Crippen LogP contribution is 2.29. The van der Waals surface area contributed by atoms with E-state index in [-0.39, 0.29) is 10.9 Å². The Labute approximate surface area is 150 Å². The largest absolute Gasteiger partial charge is 0.390 e. The predicted molar refractivity (Wildman–Crippen MR) is 96.0 cm³/mol. The molecule has 0 aromatic heterocycles. The minimum absolute atomic E-state index is 0.191. The van der Waals surface area contributed by atoms with E-state index >= 15 is 0 Å². The van der Waals surface area contributed by atoms with Crippen LogP contribution >= 0.6 is 47.8 Å². The van der Waals surface area contributed by atoms with Gasteiger partial charge in [-0.3, -0.25) is 0 Å². The Morgan fingerprint density at radius 1 is 1.52 bits per heavy atom. The van der Waals surface area contributed by atoms with Crippen molar-refractivity contribution < 1.29 is 14.9 Å². The van der Waals surface area contributed by atoms with Crippen molar-refractivity contribution in [1.82, 2.24) is 0 Å². The Bertz CT molecular complexity index is 441. The van der Waals surface area contributed by atoms with Crippen LogP contribution in [0, 0.1) is 0 Å². The van der Waals surface area contributed by atoms with Crippen molar-refractivity contribution in [2.75, 3.05) is 0 Å². The quantitative estimate of drug-likeness (QED) is 0.340. The summed E-state index contributed by atoms with van der Waals surface area (Å²) in [5, 5.41) is 20.2. The third-order valence-electron chi connectivity index (χ3n) is 3.09. The molecule has 0 saturated carbocycles. The summed E-state index contributed by atoms with van der Waals surface area (Å²) in [4.78, 5) is 1.24. The number of allylic oxidation sites excluding steroid dienone is 3. The molecule has 1 heterocycles. The molecule has 0 aliphatic carbocycles. The molecule has 6 heteroatoms. The summed E-state index contributed by atoms with van der Waals surface area (Å²) < 4.78 is 6.79. The topological polar surface area (TPSA) is 49.7 Å². The van der Waals surface area contributed by atoms with Gasteiger partial charge < -0.3 is 14.9 Å². The number of halogens is 3. The van der Waals surface area contributed by atoms with E-state index in [2.05, 4.69) is 53.5 Å². The van der Waals surface area contributed by atoms with Gasteiger partial charge in [-0.25, -0.2) is 0 Å². The van der Waals surface area contributed by atoms with Gasteiger partial charge >= 0.3 is 0 Å². The van der Waals surface area contributed by atoms with Crippen LogP contribution in [0.1, 0.15) is 19.8 Å². The molecule has 5 atom stereocenters. The van der Waals surface area contributed by atoms with Crippen molar-refractivity contribution in [2.45, 2.75) is 49.0 Å². The average Bonchev–Trinajstić information content (AvgIpc) is 2.84. The van der Waals surface area contributed by atoms with E-state index < -0.39 is 18.3 Å². The molecule has 1 aliphatic rings. The Morgan fingerprint density at radius 2 is 2.24 bits per heavy atom. The van der Waals surface area contributed by atoms with Gasteiger partial charge in [-0.2, -0.15) is 0 Å². The number of aliphatic hydroxyl groups excluding tert-OH is 2. The van der Waals surface area contributed by atoms with Crippen molar-refractivity contribution in [3.63, 3.8) is 0 Å². The Hall–Kier alpha value is 0.320. The van der Waals surface area contributed by atoms with Crippen molar-refractivity contribution in [1.29, 1.82) is 0 Å². The van der Waals surface area contributed by atoms with E-state index in [1.165, 1.54) is 0 Å². The minimum Gasteiger partial charge on any atom is -0.390 e. The van der Waals surface area contributed by atoms with Gasteiger partial charge in [0.25, 0.3) is 0 Å². The van der Waals surface area contributed by atoms with Crippen molar-refractivity contribution >= 4 is 47.8 Å². The van der Waals surface area contributed by atoms with E-state index in [0.717, 1.165) is 10.9 Å². The zero-order valence-corrected chi connectivity index (χ0v) is 16.4. The fraction of sp³-hybridized carbons (Fsp3) is 0.533. The number of ether oxygens (including phenoxy) is 1. The van der Waals surface area contributed by atoms with Crippen LogP contribution in [0.3, 0.4) is 0 Å². The predicted octanol–water partition coefficient (Wildman–Crippen LogP) is 3.94. The van der Waals surface area contributed by atoms with E-state index in [4.69, 9.17) is 4.74 Å². The average molecular weight is 487 g/mol. The van der Waals surface area contributed by atoms with Crippen molar-refractivity contribution in [2.24, 2.45) is 0 Å². The van der Waals surface area contributed by atoms with Crippen LogP contribution in [-0.4, -0.2) is 39.5 Å². The zero-order chi connectivity index (χ0) is 15.8. The zero-order valence-electron chi connectivity index (χ0n) is 11.6. The van der Waals surface area contributed by atoms with E-state index in [0.29, 0.717) is 6.42 Å². The van der Waals surface area contributed by atoms with Gasteiger partial charge in [0.15, 0.2) is 0 Å². The standard InChI is InChI=1S/C15H19Br3O3/c1-2-10(17)5-3-7-12(19)14(18)15-13(20)9-11(21-15)6-4-8-16/h3,5-8,11-15,19-20H,2,9H2,1H3/t4?,11-,12+,13-,14-,15+/m0/s1. The first-order valence-electron chi connectivity index (χ1n) is 6.69. The minimum atomic E-state index is -0.743. The molecule has 2 N–H and O–H groups in total. The van der Waals surface area contributed by atoms with Gasteiger partial charge in [-0.1, -0.05) is 72.9 Å². The van der Waals surface area contributed by atoms with Crippen LogP contribution in [0.2, 0.25) is 0 Å². The smallest absolute Gasteiger partial charge is 0.0996 e. The number of hydrogen-bond donors (Lipinski definition) is 2. The molecule has 1 rings (SSSR count). The van der Waals surface area contributed by atoms with E-state index in [1.54, 1.807) is 23.2 Å². The summed E-state index contributed by atoms with van der Waals surface area (Å²) in [6.45, 7) is 2.04. The van der Waals surface area contributed by atoms with Crippen LogP contribution in [0.25, 0.3) is 0 Å². The number of rotatable bonds is 6. The van der Waals surface area contributed by atoms with E-state index in [1.807, 2.05) is 13.0 Å². The fourth-order valence-electron chi connectivity index (χ4n) is 1.95. The lowest BCUT2D eigenvalue weighted by Crippen LogP contribution is -2.37. The second-order valence-electron chi connectivity index (χ2n) is 4.67. The fourth-order valence-corrected chi connectivity index (χ4v) is 2.91. The summed E-state index contributed by atoms with van der Waals surface area (Å²) in [6.07, 6.45) is 6.50. The molecule has 1 fully saturated rings.